The first-order chi connectivity index (χ1) is 14.3. The van der Waals surface area contributed by atoms with E-state index in [1.54, 1.807) is 0 Å². The molecule has 0 spiro atoms. The van der Waals surface area contributed by atoms with Crippen LogP contribution in [0.25, 0.3) is 6.08 Å². The number of fused-ring (bicyclic) bond motifs is 1. The summed E-state index contributed by atoms with van der Waals surface area (Å²) in [5, 5.41) is 10.7. The van der Waals surface area contributed by atoms with Crippen LogP contribution < -0.4 is 0 Å². The van der Waals surface area contributed by atoms with Gasteiger partial charge in [0.15, 0.2) is 12.6 Å². The summed E-state index contributed by atoms with van der Waals surface area (Å²) in [6.07, 6.45) is 0.150. The number of methoxy groups -OCH3 is 1. The van der Waals surface area contributed by atoms with Crippen molar-refractivity contribution in [2.24, 2.45) is 0 Å². The third kappa shape index (κ3) is 4.75. The molecule has 2 fully saturated rings. The molecule has 154 valence electrons. The Labute approximate surface area is 170 Å². The zero-order chi connectivity index (χ0) is 20.1. The highest BCUT2D eigenvalue weighted by molar-refractivity contribution is 5.48. The van der Waals surface area contributed by atoms with Crippen LogP contribution in [0.1, 0.15) is 17.4 Å². The monoisotopic (exact) mass is 398 g/mol. The zero-order valence-corrected chi connectivity index (χ0v) is 16.3. The normalized spacial score (nSPS) is 32.2. The van der Waals surface area contributed by atoms with Crippen LogP contribution in [0.3, 0.4) is 0 Å². The highest BCUT2D eigenvalue weighted by Gasteiger charge is 2.50. The van der Waals surface area contributed by atoms with Gasteiger partial charge >= 0.3 is 0 Å². The number of hydrogen-bond acceptors (Lipinski definition) is 6. The SMILES string of the molecule is CO[C@H]1O[C@@H]2COC(c3ccccc3)O[C@H]2[C@H](OC/C=C/c2ccccc2)[C@H]1O. The van der Waals surface area contributed by atoms with E-state index in [0.29, 0.717) is 13.2 Å². The second-order valence-electron chi connectivity index (χ2n) is 7.06. The minimum atomic E-state index is -0.971. The highest BCUT2D eigenvalue weighted by Crippen LogP contribution is 2.35. The fraction of sp³-hybridized carbons (Fsp3) is 0.391. The molecule has 2 saturated heterocycles. The van der Waals surface area contributed by atoms with Gasteiger partial charge in [0.05, 0.1) is 13.2 Å². The van der Waals surface area contributed by atoms with Crippen molar-refractivity contribution in [3.8, 4) is 0 Å². The van der Waals surface area contributed by atoms with E-state index < -0.39 is 30.9 Å². The van der Waals surface area contributed by atoms with Crippen LogP contribution in [0.2, 0.25) is 0 Å². The van der Waals surface area contributed by atoms with E-state index in [1.165, 1.54) is 7.11 Å². The molecule has 6 atom stereocenters. The first-order valence-electron chi connectivity index (χ1n) is 9.78. The lowest BCUT2D eigenvalue weighted by molar-refractivity contribution is -0.362. The Bertz CT molecular complexity index is 780. The molecule has 2 aromatic rings. The van der Waals surface area contributed by atoms with Crippen LogP contribution in [-0.4, -0.2) is 56.1 Å². The number of aliphatic hydroxyl groups excluding tert-OH is 1. The van der Waals surface area contributed by atoms with E-state index in [1.807, 2.05) is 72.8 Å². The molecule has 1 unspecified atom stereocenters. The summed E-state index contributed by atoms with van der Waals surface area (Å²) in [4.78, 5) is 0. The van der Waals surface area contributed by atoms with Gasteiger partial charge in [0.25, 0.3) is 0 Å². The lowest BCUT2D eigenvalue weighted by Gasteiger charge is -2.47. The topological polar surface area (TPSA) is 66.4 Å². The van der Waals surface area contributed by atoms with Crippen molar-refractivity contribution in [3.63, 3.8) is 0 Å². The fourth-order valence-electron chi connectivity index (χ4n) is 3.64. The standard InChI is InChI=1S/C23H26O6/c1-25-23-19(24)21(26-14-8-11-16-9-4-2-5-10-16)20-18(28-23)15-27-22(29-20)17-12-6-3-7-13-17/h2-13,18-24H,14-15H2,1H3/b11-8+/t18-,19-,20-,21-,22?,23+/m1/s1. The van der Waals surface area contributed by atoms with Gasteiger partial charge in [-0.2, -0.15) is 0 Å². The average molecular weight is 398 g/mol. The molecule has 6 nitrogen and oxygen atoms in total. The van der Waals surface area contributed by atoms with E-state index >= 15 is 0 Å². The van der Waals surface area contributed by atoms with Crippen molar-refractivity contribution < 1.29 is 28.8 Å². The number of aliphatic hydroxyl groups is 1. The van der Waals surface area contributed by atoms with Crippen molar-refractivity contribution >= 4 is 6.08 Å². The van der Waals surface area contributed by atoms with Gasteiger partial charge in [-0.15, -0.1) is 0 Å². The van der Waals surface area contributed by atoms with Gasteiger partial charge in [-0.3, -0.25) is 0 Å². The zero-order valence-electron chi connectivity index (χ0n) is 16.3. The van der Waals surface area contributed by atoms with Crippen LogP contribution in [0, 0.1) is 0 Å². The molecule has 0 saturated carbocycles. The summed E-state index contributed by atoms with van der Waals surface area (Å²) in [7, 11) is 1.50. The Morgan fingerprint density at radius 3 is 2.48 bits per heavy atom. The van der Waals surface area contributed by atoms with Crippen molar-refractivity contribution in [1.29, 1.82) is 0 Å². The van der Waals surface area contributed by atoms with Crippen LogP contribution >= 0.6 is 0 Å². The minimum Gasteiger partial charge on any atom is -0.385 e. The predicted molar refractivity (Wildman–Crippen MR) is 107 cm³/mol. The van der Waals surface area contributed by atoms with Crippen LogP contribution in [0.5, 0.6) is 0 Å². The maximum Gasteiger partial charge on any atom is 0.186 e. The summed E-state index contributed by atoms with van der Waals surface area (Å²) in [6.45, 7) is 0.660. The Kier molecular flexibility index (Phi) is 6.71. The van der Waals surface area contributed by atoms with Gasteiger partial charge in [-0.05, 0) is 5.56 Å². The van der Waals surface area contributed by atoms with Crippen LogP contribution in [0.4, 0.5) is 0 Å². The molecule has 1 N–H and O–H groups in total. The van der Waals surface area contributed by atoms with Crippen LogP contribution in [-0.2, 0) is 23.7 Å². The summed E-state index contributed by atoms with van der Waals surface area (Å²) >= 11 is 0. The largest absolute Gasteiger partial charge is 0.385 e. The van der Waals surface area contributed by atoms with Gasteiger partial charge in [-0.1, -0.05) is 72.8 Å². The Hall–Kier alpha value is -2.06. The van der Waals surface area contributed by atoms with E-state index in [-0.39, 0.29) is 6.10 Å². The molecule has 0 bridgehead atoms. The third-order valence-corrected chi connectivity index (χ3v) is 5.11. The Balaban J connectivity index is 1.45. The molecule has 2 heterocycles. The predicted octanol–water partition coefficient (Wildman–Crippen LogP) is 2.93. The van der Waals surface area contributed by atoms with Gasteiger partial charge in [0.2, 0.25) is 0 Å². The number of rotatable bonds is 6. The molecule has 2 aliphatic heterocycles. The first kappa shape index (κ1) is 20.2. The number of hydrogen-bond donors (Lipinski definition) is 1. The Morgan fingerprint density at radius 2 is 1.76 bits per heavy atom. The number of benzene rings is 2. The number of ether oxygens (including phenoxy) is 5. The summed E-state index contributed by atoms with van der Waals surface area (Å²) < 4.78 is 29.1. The molecule has 6 heteroatoms. The summed E-state index contributed by atoms with van der Waals surface area (Å²) in [6, 6.07) is 19.7. The summed E-state index contributed by atoms with van der Waals surface area (Å²) in [5.41, 5.74) is 2.00. The van der Waals surface area contributed by atoms with Gasteiger partial charge in [0, 0.05) is 12.7 Å². The van der Waals surface area contributed by atoms with E-state index in [9.17, 15) is 5.11 Å². The smallest absolute Gasteiger partial charge is 0.186 e. The lowest BCUT2D eigenvalue weighted by atomic mass is 9.97. The first-order valence-corrected chi connectivity index (χ1v) is 9.78. The molecule has 2 aromatic carbocycles. The molecular weight excluding hydrogens is 372 g/mol. The maximum atomic E-state index is 10.7. The molecule has 29 heavy (non-hydrogen) atoms. The van der Waals surface area contributed by atoms with Crippen molar-refractivity contribution in [2.75, 3.05) is 20.3 Å². The van der Waals surface area contributed by atoms with Gasteiger partial charge in [0.1, 0.15) is 24.4 Å². The van der Waals surface area contributed by atoms with Gasteiger partial charge < -0.3 is 28.8 Å². The van der Waals surface area contributed by atoms with E-state index in [0.717, 1.165) is 11.1 Å². The third-order valence-electron chi connectivity index (χ3n) is 5.11. The van der Waals surface area contributed by atoms with Gasteiger partial charge in [-0.25, -0.2) is 0 Å². The second kappa shape index (κ2) is 9.63. The van der Waals surface area contributed by atoms with Crippen molar-refractivity contribution in [2.45, 2.75) is 37.0 Å². The molecule has 0 amide bonds. The van der Waals surface area contributed by atoms with E-state index in [2.05, 4.69) is 0 Å². The van der Waals surface area contributed by atoms with E-state index in [4.69, 9.17) is 23.7 Å². The average Bonchev–Trinajstić information content (AvgIpc) is 2.78. The van der Waals surface area contributed by atoms with Crippen LogP contribution in [0.15, 0.2) is 66.7 Å². The second-order valence-corrected chi connectivity index (χ2v) is 7.06. The van der Waals surface area contributed by atoms with Crippen molar-refractivity contribution in [1.82, 2.24) is 0 Å². The summed E-state index contributed by atoms with van der Waals surface area (Å²) in [5.74, 6) is 0. The maximum absolute atomic E-state index is 10.7. The highest BCUT2D eigenvalue weighted by atomic mass is 16.8. The molecule has 0 aromatic heterocycles. The molecule has 0 radical (unpaired) electrons. The Morgan fingerprint density at radius 1 is 1.03 bits per heavy atom. The molecule has 2 aliphatic rings. The minimum absolute atomic E-state index is 0.330. The van der Waals surface area contributed by atoms with Crippen molar-refractivity contribution in [3.05, 3.63) is 77.9 Å². The molecular formula is C23H26O6. The fourth-order valence-corrected chi connectivity index (χ4v) is 3.64. The molecule has 4 rings (SSSR count). The molecule has 0 aliphatic carbocycles. The quantitative estimate of drug-likeness (QED) is 0.807. The lowest BCUT2D eigenvalue weighted by Crippen LogP contribution is -2.62.